The van der Waals surface area contributed by atoms with E-state index in [0.29, 0.717) is 13.0 Å². The third-order valence-corrected chi connectivity index (χ3v) is 3.99. The van der Waals surface area contributed by atoms with E-state index >= 15 is 0 Å². The highest BCUT2D eigenvalue weighted by Gasteiger charge is 2.18. The van der Waals surface area contributed by atoms with E-state index < -0.39 is 14.0 Å². The molecule has 0 aliphatic rings. The summed E-state index contributed by atoms with van der Waals surface area (Å²) < 4.78 is 5.11. The summed E-state index contributed by atoms with van der Waals surface area (Å²) in [5.41, 5.74) is 0. The number of aliphatic carboxylic acids is 1. The van der Waals surface area contributed by atoms with E-state index in [9.17, 15) is 9.59 Å². The molecule has 94 valence electrons. The first-order chi connectivity index (χ1) is 7.22. The van der Waals surface area contributed by atoms with Gasteiger partial charge < -0.3 is 9.84 Å². The smallest absolute Gasteiger partial charge is 0.308 e. The molecule has 1 unspecified atom stereocenters. The molecule has 0 heterocycles. The van der Waals surface area contributed by atoms with Gasteiger partial charge in [0, 0.05) is 14.5 Å². The second-order valence-electron chi connectivity index (χ2n) is 5.31. The zero-order valence-corrected chi connectivity index (χ0v) is 11.6. The van der Waals surface area contributed by atoms with Gasteiger partial charge in [0.15, 0.2) is 0 Å². The van der Waals surface area contributed by atoms with Crippen LogP contribution in [0, 0.1) is 5.92 Å². The van der Waals surface area contributed by atoms with Crippen molar-refractivity contribution >= 4 is 20.0 Å². The van der Waals surface area contributed by atoms with Gasteiger partial charge in [-0.05, 0) is 12.5 Å². The van der Waals surface area contributed by atoms with Crippen LogP contribution in [-0.2, 0) is 14.3 Å². The molecule has 0 saturated heterocycles. The summed E-state index contributed by atoms with van der Waals surface area (Å²) in [7, 11) is -1.17. The molecular formula is C11H22O4Si. The fourth-order valence-corrected chi connectivity index (χ4v) is 1.77. The number of carbonyl (C=O) groups excluding carboxylic acids is 1. The summed E-state index contributed by atoms with van der Waals surface area (Å²) in [6.07, 6.45) is 0.366. The molecule has 1 N–H and O–H groups in total. The summed E-state index contributed by atoms with van der Waals surface area (Å²) in [4.78, 5) is 21.8. The number of carbonyl (C=O) groups is 2. The number of hydrogen-bond donors (Lipinski definition) is 1. The van der Waals surface area contributed by atoms with E-state index in [1.54, 1.807) is 6.92 Å². The van der Waals surface area contributed by atoms with E-state index in [4.69, 9.17) is 9.84 Å². The topological polar surface area (TPSA) is 63.6 Å². The molecule has 0 radical (unpaired) electrons. The van der Waals surface area contributed by atoms with Gasteiger partial charge in [-0.1, -0.05) is 26.6 Å². The van der Waals surface area contributed by atoms with Crippen LogP contribution in [0.3, 0.4) is 0 Å². The molecule has 0 amide bonds. The van der Waals surface area contributed by atoms with E-state index in [2.05, 4.69) is 19.6 Å². The van der Waals surface area contributed by atoms with Gasteiger partial charge >= 0.3 is 11.9 Å². The summed E-state index contributed by atoms with van der Waals surface area (Å²) in [6, 6.07) is 0.949. The molecule has 0 aliphatic heterocycles. The quantitative estimate of drug-likeness (QED) is 0.553. The van der Waals surface area contributed by atoms with Gasteiger partial charge in [-0.3, -0.25) is 9.59 Å². The average molecular weight is 246 g/mol. The van der Waals surface area contributed by atoms with Crippen LogP contribution >= 0.6 is 0 Å². The Hall–Kier alpha value is -0.843. The normalized spacial score (nSPS) is 13.2. The van der Waals surface area contributed by atoms with Gasteiger partial charge in [-0.25, -0.2) is 0 Å². The lowest BCUT2D eigenvalue weighted by Gasteiger charge is -2.16. The molecule has 0 bridgehead atoms. The fraction of sp³-hybridized carbons (Fsp3) is 0.818. The second-order valence-corrected chi connectivity index (χ2v) is 10.9. The van der Waals surface area contributed by atoms with Crippen LogP contribution in [0.4, 0.5) is 0 Å². The Morgan fingerprint density at radius 3 is 2.31 bits per heavy atom. The third-order valence-electron chi connectivity index (χ3n) is 2.29. The largest absolute Gasteiger partial charge is 0.481 e. The molecule has 0 saturated carbocycles. The van der Waals surface area contributed by atoms with Gasteiger partial charge in [-0.2, -0.15) is 0 Å². The summed E-state index contributed by atoms with van der Waals surface area (Å²) >= 11 is 0. The Kier molecular flexibility index (Phi) is 6.33. The number of esters is 1. The van der Waals surface area contributed by atoms with Crippen LogP contribution < -0.4 is 0 Å². The van der Waals surface area contributed by atoms with Gasteiger partial charge in [0.2, 0.25) is 0 Å². The Balaban J connectivity index is 3.75. The Bertz CT molecular complexity index is 245. The van der Waals surface area contributed by atoms with Crippen LogP contribution in [0.2, 0.25) is 25.7 Å². The van der Waals surface area contributed by atoms with Gasteiger partial charge in [-0.15, -0.1) is 0 Å². The molecule has 5 heteroatoms. The molecular weight excluding hydrogens is 224 g/mol. The maximum absolute atomic E-state index is 11.4. The van der Waals surface area contributed by atoms with Gasteiger partial charge in [0.05, 0.1) is 12.5 Å². The summed E-state index contributed by atoms with van der Waals surface area (Å²) in [5.74, 6) is -1.47. The molecule has 1 atom stereocenters. The summed E-state index contributed by atoms with van der Waals surface area (Å²) in [6.45, 7) is 8.82. The van der Waals surface area contributed by atoms with Crippen LogP contribution in [0.25, 0.3) is 0 Å². The van der Waals surface area contributed by atoms with Crippen molar-refractivity contribution in [3.05, 3.63) is 0 Å². The highest BCUT2D eigenvalue weighted by atomic mass is 28.3. The average Bonchev–Trinajstić information content (AvgIpc) is 2.11. The van der Waals surface area contributed by atoms with Crippen molar-refractivity contribution in [2.24, 2.45) is 5.92 Å². The third kappa shape index (κ3) is 8.46. The molecule has 0 rings (SSSR count). The van der Waals surface area contributed by atoms with Crippen LogP contribution in [-0.4, -0.2) is 31.7 Å². The minimum Gasteiger partial charge on any atom is -0.481 e. The minimum absolute atomic E-state index is 0.0181. The van der Waals surface area contributed by atoms with E-state index in [0.717, 1.165) is 6.04 Å². The molecule has 0 aromatic heterocycles. The van der Waals surface area contributed by atoms with Crippen molar-refractivity contribution in [1.82, 2.24) is 0 Å². The van der Waals surface area contributed by atoms with Crippen LogP contribution in [0.1, 0.15) is 19.8 Å². The Morgan fingerprint density at radius 2 is 1.88 bits per heavy atom. The van der Waals surface area contributed by atoms with Crippen molar-refractivity contribution in [1.29, 1.82) is 0 Å². The lowest BCUT2D eigenvalue weighted by molar-refractivity contribution is -0.148. The van der Waals surface area contributed by atoms with E-state index in [1.165, 1.54) is 0 Å². The number of ether oxygens (including phenoxy) is 1. The number of carboxylic acids is 1. The maximum atomic E-state index is 11.4. The molecule has 0 fully saturated rings. The SMILES string of the molecule is CC(CCC(=O)O)C(=O)OCC[Si](C)(C)C. The van der Waals surface area contributed by atoms with Gasteiger partial charge in [0.25, 0.3) is 0 Å². The number of rotatable bonds is 7. The molecule has 0 aliphatic carbocycles. The molecule has 16 heavy (non-hydrogen) atoms. The molecule has 4 nitrogen and oxygen atoms in total. The first-order valence-electron chi connectivity index (χ1n) is 5.61. The van der Waals surface area contributed by atoms with Crippen molar-refractivity contribution in [2.45, 2.75) is 45.5 Å². The summed E-state index contributed by atoms with van der Waals surface area (Å²) in [5, 5.41) is 8.48. The van der Waals surface area contributed by atoms with Crippen molar-refractivity contribution in [3.8, 4) is 0 Å². The highest BCUT2D eigenvalue weighted by Crippen LogP contribution is 2.11. The van der Waals surface area contributed by atoms with Crippen LogP contribution in [0.5, 0.6) is 0 Å². The minimum atomic E-state index is -1.17. The molecule has 0 aromatic carbocycles. The molecule has 0 aromatic rings. The van der Waals surface area contributed by atoms with E-state index in [1.807, 2.05) is 0 Å². The maximum Gasteiger partial charge on any atom is 0.308 e. The lowest BCUT2D eigenvalue weighted by atomic mass is 10.1. The fourth-order valence-electron chi connectivity index (χ4n) is 1.06. The predicted octanol–water partition coefficient (Wildman–Crippen LogP) is 2.37. The van der Waals surface area contributed by atoms with Crippen LogP contribution in [0.15, 0.2) is 0 Å². The Morgan fingerprint density at radius 1 is 1.31 bits per heavy atom. The number of carboxylic acid groups (broad SMARTS) is 1. The van der Waals surface area contributed by atoms with Crippen molar-refractivity contribution in [2.75, 3.05) is 6.61 Å². The first kappa shape index (κ1) is 15.2. The Labute approximate surface area is 98.0 Å². The van der Waals surface area contributed by atoms with Gasteiger partial charge in [0.1, 0.15) is 0 Å². The first-order valence-corrected chi connectivity index (χ1v) is 9.31. The van der Waals surface area contributed by atoms with Crippen molar-refractivity contribution in [3.63, 3.8) is 0 Å². The zero-order chi connectivity index (χ0) is 12.8. The number of hydrogen-bond acceptors (Lipinski definition) is 3. The zero-order valence-electron chi connectivity index (χ0n) is 10.6. The lowest BCUT2D eigenvalue weighted by Crippen LogP contribution is -2.24. The highest BCUT2D eigenvalue weighted by molar-refractivity contribution is 6.76. The monoisotopic (exact) mass is 246 g/mol. The second kappa shape index (κ2) is 6.68. The van der Waals surface area contributed by atoms with E-state index in [-0.39, 0.29) is 18.3 Å². The molecule has 0 spiro atoms. The standard InChI is InChI=1S/C11H22O4Si/c1-9(5-6-10(12)13)11(14)15-7-8-16(2,3)4/h9H,5-8H2,1-4H3,(H,12,13). The predicted molar refractivity (Wildman–Crippen MR) is 65.1 cm³/mol. The van der Waals surface area contributed by atoms with Crippen molar-refractivity contribution < 1.29 is 19.4 Å².